The van der Waals surface area contributed by atoms with E-state index in [2.05, 4.69) is 15.3 Å². The predicted molar refractivity (Wildman–Crippen MR) is 80.3 cm³/mol. The first-order valence-electron chi connectivity index (χ1n) is 7.96. The van der Waals surface area contributed by atoms with Crippen LogP contribution in [-0.2, 0) is 20.8 Å². The number of carbonyl (C=O) groups is 1. The summed E-state index contributed by atoms with van der Waals surface area (Å²) >= 11 is 0. The van der Waals surface area contributed by atoms with E-state index in [-0.39, 0.29) is 12.5 Å². The first kappa shape index (κ1) is 15.5. The van der Waals surface area contributed by atoms with Crippen molar-refractivity contribution in [3.05, 3.63) is 18.5 Å². The topological polar surface area (TPSA) is 68.6 Å². The minimum absolute atomic E-state index is 0.000810. The van der Waals surface area contributed by atoms with Gasteiger partial charge >= 0.3 is 0 Å². The zero-order valence-electron chi connectivity index (χ0n) is 12.8. The number of aromatic nitrogens is 2. The van der Waals surface area contributed by atoms with Gasteiger partial charge in [0.1, 0.15) is 6.54 Å². The lowest BCUT2D eigenvalue weighted by molar-refractivity contribution is -0.122. The summed E-state index contributed by atoms with van der Waals surface area (Å²) < 4.78 is 12.6. The summed E-state index contributed by atoms with van der Waals surface area (Å²) in [6.45, 7) is 5.94. The molecule has 2 saturated heterocycles. The average Bonchev–Trinajstić information content (AvgIpc) is 3.22. The van der Waals surface area contributed by atoms with Crippen molar-refractivity contribution in [2.45, 2.75) is 19.0 Å². The van der Waals surface area contributed by atoms with Crippen LogP contribution in [0.4, 0.5) is 0 Å². The van der Waals surface area contributed by atoms with Crippen LogP contribution in [0, 0.1) is 5.92 Å². The van der Waals surface area contributed by atoms with Crippen molar-refractivity contribution in [3.8, 4) is 0 Å². The van der Waals surface area contributed by atoms with Gasteiger partial charge in [0.25, 0.3) is 0 Å². The zero-order valence-corrected chi connectivity index (χ0v) is 12.8. The summed E-state index contributed by atoms with van der Waals surface area (Å²) in [7, 11) is 0. The standard InChI is InChI=1S/C15H24N4O3/c20-15(11-19-4-1-3-17-19)16-10-14(13-2-7-22-12-13)18-5-8-21-9-6-18/h1,3-4,13-14H,2,5-12H2,(H,16,20)/t13-,14+/m0/s1. The van der Waals surface area contributed by atoms with Gasteiger partial charge in [-0.3, -0.25) is 14.4 Å². The molecule has 1 amide bonds. The third kappa shape index (κ3) is 4.06. The Balaban J connectivity index is 1.53. The number of nitrogens with zero attached hydrogens (tertiary/aromatic N) is 3. The van der Waals surface area contributed by atoms with E-state index in [1.165, 1.54) is 0 Å². The molecule has 122 valence electrons. The van der Waals surface area contributed by atoms with Gasteiger partial charge in [-0.1, -0.05) is 0 Å². The molecule has 7 heteroatoms. The van der Waals surface area contributed by atoms with Crippen molar-refractivity contribution >= 4 is 5.91 Å². The van der Waals surface area contributed by atoms with Crippen LogP contribution in [0.1, 0.15) is 6.42 Å². The van der Waals surface area contributed by atoms with Crippen LogP contribution >= 0.6 is 0 Å². The second-order valence-electron chi connectivity index (χ2n) is 5.85. The van der Waals surface area contributed by atoms with Crippen molar-refractivity contribution in [2.24, 2.45) is 5.92 Å². The van der Waals surface area contributed by atoms with Gasteiger partial charge in [0.15, 0.2) is 0 Å². The third-order valence-electron chi connectivity index (χ3n) is 4.40. The lowest BCUT2D eigenvalue weighted by Gasteiger charge is -2.37. The van der Waals surface area contributed by atoms with Crippen LogP contribution in [0.15, 0.2) is 18.5 Å². The van der Waals surface area contributed by atoms with E-state index in [0.29, 0.717) is 18.5 Å². The van der Waals surface area contributed by atoms with E-state index in [9.17, 15) is 4.79 Å². The lowest BCUT2D eigenvalue weighted by atomic mass is 9.97. The number of morpholine rings is 1. The van der Waals surface area contributed by atoms with Gasteiger partial charge in [0.2, 0.25) is 5.91 Å². The van der Waals surface area contributed by atoms with E-state index in [4.69, 9.17) is 9.47 Å². The molecule has 2 fully saturated rings. The molecule has 22 heavy (non-hydrogen) atoms. The molecule has 0 aliphatic carbocycles. The Labute approximate surface area is 130 Å². The van der Waals surface area contributed by atoms with Crippen molar-refractivity contribution in [2.75, 3.05) is 46.1 Å². The summed E-state index contributed by atoms with van der Waals surface area (Å²) in [5.74, 6) is 0.490. The molecule has 3 rings (SSSR count). The van der Waals surface area contributed by atoms with E-state index in [0.717, 1.165) is 45.9 Å². The SMILES string of the molecule is O=C(Cn1cccn1)NC[C@H]([C@H]1CCOC1)N1CCOCC1. The van der Waals surface area contributed by atoms with Crippen LogP contribution in [0.25, 0.3) is 0 Å². The maximum Gasteiger partial charge on any atom is 0.241 e. The van der Waals surface area contributed by atoms with Crippen molar-refractivity contribution in [1.82, 2.24) is 20.0 Å². The first-order chi connectivity index (χ1) is 10.8. The Morgan fingerprint density at radius 3 is 2.86 bits per heavy atom. The molecule has 2 aliphatic heterocycles. The number of carbonyl (C=O) groups excluding carboxylic acids is 1. The number of rotatable bonds is 6. The van der Waals surface area contributed by atoms with Gasteiger partial charge in [0.05, 0.1) is 19.8 Å². The average molecular weight is 308 g/mol. The summed E-state index contributed by atoms with van der Waals surface area (Å²) in [6.07, 6.45) is 4.54. The Hall–Kier alpha value is -1.44. The van der Waals surface area contributed by atoms with Gasteiger partial charge in [-0.05, 0) is 12.5 Å². The van der Waals surface area contributed by atoms with Gasteiger partial charge < -0.3 is 14.8 Å². The monoisotopic (exact) mass is 308 g/mol. The minimum atomic E-state index is 0.000810. The van der Waals surface area contributed by atoms with Gasteiger partial charge in [-0.15, -0.1) is 0 Å². The molecule has 7 nitrogen and oxygen atoms in total. The molecule has 0 spiro atoms. The fourth-order valence-corrected chi connectivity index (χ4v) is 3.17. The molecular formula is C15H24N4O3. The molecule has 3 heterocycles. The number of hydrogen-bond donors (Lipinski definition) is 1. The number of amides is 1. The zero-order chi connectivity index (χ0) is 15.2. The second kappa shape index (κ2) is 7.71. The fraction of sp³-hybridized carbons (Fsp3) is 0.733. The molecular weight excluding hydrogens is 284 g/mol. The summed E-state index contributed by atoms with van der Waals surface area (Å²) in [6, 6.07) is 2.15. The van der Waals surface area contributed by atoms with Gasteiger partial charge in [0, 0.05) is 50.6 Å². The highest BCUT2D eigenvalue weighted by Crippen LogP contribution is 2.21. The summed E-state index contributed by atoms with van der Waals surface area (Å²) in [4.78, 5) is 14.5. The van der Waals surface area contributed by atoms with Crippen LogP contribution in [0.5, 0.6) is 0 Å². The smallest absolute Gasteiger partial charge is 0.241 e. The molecule has 0 radical (unpaired) electrons. The predicted octanol–water partition coefficient (Wildman–Crippen LogP) is -0.263. The Bertz CT molecular complexity index is 453. The van der Waals surface area contributed by atoms with Crippen LogP contribution in [-0.4, -0.2) is 72.7 Å². The van der Waals surface area contributed by atoms with Crippen LogP contribution in [0.2, 0.25) is 0 Å². The van der Waals surface area contributed by atoms with Crippen molar-refractivity contribution < 1.29 is 14.3 Å². The Morgan fingerprint density at radius 2 is 2.18 bits per heavy atom. The molecule has 0 unspecified atom stereocenters. The lowest BCUT2D eigenvalue weighted by Crippen LogP contribution is -2.52. The van der Waals surface area contributed by atoms with Gasteiger partial charge in [-0.2, -0.15) is 5.10 Å². The van der Waals surface area contributed by atoms with Gasteiger partial charge in [-0.25, -0.2) is 0 Å². The number of hydrogen-bond acceptors (Lipinski definition) is 5. The highest BCUT2D eigenvalue weighted by atomic mass is 16.5. The maximum atomic E-state index is 12.1. The Morgan fingerprint density at radius 1 is 1.32 bits per heavy atom. The van der Waals surface area contributed by atoms with E-state index in [1.54, 1.807) is 17.1 Å². The molecule has 2 aliphatic rings. The molecule has 1 aromatic heterocycles. The first-order valence-corrected chi connectivity index (χ1v) is 7.96. The summed E-state index contributed by atoms with van der Waals surface area (Å²) in [5, 5.41) is 7.12. The molecule has 1 N–H and O–H groups in total. The number of nitrogens with one attached hydrogen (secondary N) is 1. The molecule has 0 bridgehead atoms. The normalized spacial score (nSPS) is 24.3. The second-order valence-corrected chi connectivity index (χ2v) is 5.85. The minimum Gasteiger partial charge on any atom is -0.381 e. The van der Waals surface area contributed by atoms with E-state index >= 15 is 0 Å². The van der Waals surface area contributed by atoms with E-state index < -0.39 is 0 Å². The highest BCUT2D eigenvalue weighted by Gasteiger charge is 2.31. The fourth-order valence-electron chi connectivity index (χ4n) is 3.17. The maximum absolute atomic E-state index is 12.1. The molecule has 0 aromatic carbocycles. The largest absolute Gasteiger partial charge is 0.381 e. The summed E-state index contributed by atoms with van der Waals surface area (Å²) in [5.41, 5.74) is 0. The van der Waals surface area contributed by atoms with E-state index in [1.807, 2.05) is 6.07 Å². The number of ether oxygens (including phenoxy) is 2. The quantitative estimate of drug-likeness (QED) is 0.784. The van der Waals surface area contributed by atoms with Crippen LogP contribution in [0.3, 0.4) is 0 Å². The van der Waals surface area contributed by atoms with Crippen molar-refractivity contribution in [1.29, 1.82) is 0 Å². The Kier molecular flexibility index (Phi) is 5.42. The molecule has 0 saturated carbocycles. The molecule has 2 atom stereocenters. The highest BCUT2D eigenvalue weighted by molar-refractivity contribution is 5.75. The molecule has 1 aromatic rings. The van der Waals surface area contributed by atoms with Crippen molar-refractivity contribution in [3.63, 3.8) is 0 Å². The van der Waals surface area contributed by atoms with Crippen LogP contribution < -0.4 is 5.32 Å². The third-order valence-corrected chi connectivity index (χ3v) is 4.40.